The van der Waals surface area contributed by atoms with Crippen LogP contribution in [0.5, 0.6) is 0 Å². The lowest BCUT2D eigenvalue weighted by atomic mass is 10.2. The van der Waals surface area contributed by atoms with E-state index in [9.17, 15) is 8.42 Å². The Balaban J connectivity index is 1.81. The number of hydrogen-bond acceptors (Lipinski definition) is 3. The Labute approximate surface area is 155 Å². The first-order chi connectivity index (χ1) is 12.0. The van der Waals surface area contributed by atoms with Crippen LogP contribution in [0.3, 0.4) is 0 Å². The molecule has 0 aliphatic carbocycles. The van der Waals surface area contributed by atoms with Gasteiger partial charge in [0, 0.05) is 16.4 Å². The van der Waals surface area contributed by atoms with Crippen LogP contribution in [-0.2, 0) is 10.0 Å². The lowest BCUT2D eigenvalue weighted by molar-refractivity contribution is 0.601. The van der Waals surface area contributed by atoms with Crippen molar-refractivity contribution in [1.29, 1.82) is 0 Å². The third kappa shape index (κ3) is 4.78. The maximum Gasteiger partial charge on any atom is 0.261 e. The maximum atomic E-state index is 12.5. The first-order valence-corrected chi connectivity index (χ1v) is 9.78. The normalized spacial score (nSPS) is 11.6. The zero-order valence-electron chi connectivity index (χ0n) is 13.1. The molecule has 0 spiro atoms. The zero-order chi connectivity index (χ0) is 17.7. The highest BCUT2D eigenvalue weighted by Crippen LogP contribution is 2.20. The summed E-state index contributed by atoms with van der Waals surface area (Å²) in [6.45, 7) is 0. The summed E-state index contributed by atoms with van der Waals surface area (Å²) in [6.07, 6.45) is 5.49. The summed E-state index contributed by atoms with van der Waals surface area (Å²) in [5.41, 5.74) is 2.21. The van der Waals surface area contributed by atoms with E-state index in [4.69, 9.17) is 0 Å². The average molecular weight is 415 g/mol. The number of sulfonamides is 1. The molecule has 4 nitrogen and oxygen atoms in total. The van der Waals surface area contributed by atoms with E-state index in [0.29, 0.717) is 10.2 Å². The molecule has 0 radical (unpaired) electrons. The molecule has 0 aliphatic heterocycles. The van der Waals surface area contributed by atoms with E-state index in [-0.39, 0.29) is 4.90 Å². The van der Waals surface area contributed by atoms with Crippen molar-refractivity contribution >= 4 is 43.8 Å². The number of anilines is 1. The standard InChI is InChI=1S/C19H15BrN2O2S/c20-16-6-4-9-19(14-16)25(23,24)22-18-8-3-5-15(13-18)10-11-17-7-1-2-12-21-17/h1-14,22H/b11-10+. The van der Waals surface area contributed by atoms with Crippen LogP contribution in [-0.4, -0.2) is 13.4 Å². The van der Waals surface area contributed by atoms with Crippen molar-refractivity contribution in [2.24, 2.45) is 0 Å². The first kappa shape index (κ1) is 17.4. The van der Waals surface area contributed by atoms with Crippen molar-refractivity contribution in [3.05, 3.63) is 88.7 Å². The Morgan fingerprint density at radius 2 is 1.76 bits per heavy atom. The van der Waals surface area contributed by atoms with Crippen LogP contribution in [0.1, 0.15) is 11.3 Å². The van der Waals surface area contributed by atoms with Crippen LogP contribution in [0.25, 0.3) is 12.2 Å². The maximum absolute atomic E-state index is 12.5. The van der Waals surface area contributed by atoms with Gasteiger partial charge in [0.05, 0.1) is 10.6 Å². The van der Waals surface area contributed by atoms with E-state index in [2.05, 4.69) is 25.6 Å². The molecule has 6 heteroatoms. The van der Waals surface area contributed by atoms with Crippen LogP contribution in [0.4, 0.5) is 5.69 Å². The second kappa shape index (κ2) is 7.63. The molecule has 0 saturated carbocycles. The summed E-state index contributed by atoms with van der Waals surface area (Å²) in [4.78, 5) is 4.43. The number of rotatable bonds is 5. The molecule has 1 aromatic heterocycles. The fourth-order valence-electron chi connectivity index (χ4n) is 2.21. The monoisotopic (exact) mass is 414 g/mol. The molecular weight excluding hydrogens is 400 g/mol. The van der Waals surface area contributed by atoms with Crippen LogP contribution in [0.2, 0.25) is 0 Å². The number of nitrogens with zero attached hydrogens (tertiary/aromatic N) is 1. The smallest absolute Gasteiger partial charge is 0.261 e. The van der Waals surface area contributed by atoms with Crippen molar-refractivity contribution in [3.8, 4) is 0 Å². The van der Waals surface area contributed by atoms with E-state index >= 15 is 0 Å². The molecule has 0 saturated heterocycles. The van der Waals surface area contributed by atoms with Gasteiger partial charge in [0.15, 0.2) is 0 Å². The summed E-state index contributed by atoms with van der Waals surface area (Å²) >= 11 is 3.29. The molecule has 126 valence electrons. The minimum absolute atomic E-state index is 0.205. The summed E-state index contributed by atoms with van der Waals surface area (Å²) < 4.78 is 28.3. The fourth-order valence-corrected chi connectivity index (χ4v) is 3.86. The first-order valence-electron chi connectivity index (χ1n) is 7.50. The van der Waals surface area contributed by atoms with Gasteiger partial charge in [-0.15, -0.1) is 0 Å². The van der Waals surface area contributed by atoms with Gasteiger partial charge in [-0.25, -0.2) is 8.42 Å². The van der Waals surface area contributed by atoms with E-state index < -0.39 is 10.0 Å². The van der Waals surface area contributed by atoms with Gasteiger partial charge >= 0.3 is 0 Å². The van der Waals surface area contributed by atoms with Gasteiger partial charge in [-0.05, 0) is 54.1 Å². The van der Waals surface area contributed by atoms with Crippen molar-refractivity contribution in [3.63, 3.8) is 0 Å². The molecule has 0 amide bonds. The van der Waals surface area contributed by atoms with Crippen molar-refractivity contribution in [2.45, 2.75) is 4.90 Å². The molecule has 0 atom stereocenters. The number of halogens is 1. The Bertz CT molecular complexity index is 1000. The molecular formula is C19H15BrN2O2S. The molecule has 25 heavy (non-hydrogen) atoms. The highest BCUT2D eigenvalue weighted by molar-refractivity contribution is 9.10. The third-order valence-electron chi connectivity index (χ3n) is 3.38. The topological polar surface area (TPSA) is 59.1 Å². The van der Waals surface area contributed by atoms with Gasteiger partial charge in [-0.3, -0.25) is 9.71 Å². The Hall–Kier alpha value is -2.44. The zero-order valence-corrected chi connectivity index (χ0v) is 15.5. The molecule has 0 fully saturated rings. The quantitative estimate of drug-likeness (QED) is 0.650. The second-order valence-electron chi connectivity index (χ2n) is 5.28. The van der Waals surface area contributed by atoms with E-state index in [0.717, 1.165) is 11.3 Å². The summed E-state index contributed by atoms with van der Waals surface area (Å²) in [5.74, 6) is 0. The van der Waals surface area contributed by atoms with Gasteiger partial charge in [0.2, 0.25) is 0 Å². The third-order valence-corrected chi connectivity index (χ3v) is 5.25. The van der Waals surface area contributed by atoms with Gasteiger partial charge in [-0.1, -0.05) is 46.3 Å². The van der Waals surface area contributed by atoms with Gasteiger partial charge in [0.25, 0.3) is 10.0 Å². The number of nitrogens with one attached hydrogen (secondary N) is 1. The van der Waals surface area contributed by atoms with Crippen molar-refractivity contribution in [2.75, 3.05) is 4.72 Å². The second-order valence-corrected chi connectivity index (χ2v) is 7.87. The SMILES string of the molecule is O=S(=O)(Nc1cccc(/C=C/c2ccccn2)c1)c1cccc(Br)c1. The number of aromatic nitrogens is 1. The van der Waals surface area contributed by atoms with E-state index in [1.165, 1.54) is 0 Å². The summed E-state index contributed by atoms with van der Waals surface area (Å²) in [7, 11) is -3.64. The molecule has 0 unspecified atom stereocenters. The molecule has 2 aromatic carbocycles. The molecule has 3 rings (SSSR count). The lowest BCUT2D eigenvalue weighted by Gasteiger charge is -2.09. The van der Waals surface area contributed by atoms with Crippen LogP contribution in [0, 0.1) is 0 Å². The predicted octanol–water partition coefficient (Wildman–Crippen LogP) is 4.82. The largest absolute Gasteiger partial charge is 0.280 e. The van der Waals surface area contributed by atoms with Gasteiger partial charge in [0.1, 0.15) is 0 Å². The van der Waals surface area contributed by atoms with E-state index in [1.807, 2.05) is 36.4 Å². The summed E-state index contributed by atoms with van der Waals surface area (Å²) in [6, 6.07) is 19.4. The number of pyridine rings is 1. The highest BCUT2D eigenvalue weighted by Gasteiger charge is 2.14. The summed E-state index contributed by atoms with van der Waals surface area (Å²) in [5, 5.41) is 0. The number of hydrogen-bond donors (Lipinski definition) is 1. The van der Waals surface area contributed by atoms with Crippen LogP contribution < -0.4 is 4.72 Å². The van der Waals surface area contributed by atoms with Crippen molar-refractivity contribution in [1.82, 2.24) is 4.98 Å². The Morgan fingerprint density at radius 3 is 2.52 bits per heavy atom. The molecule has 1 N–H and O–H groups in total. The average Bonchev–Trinajstić information content (AvgIpc) is 2.61. The molecule has 0 aliphatic rings. The van der Waals surface area contributed by atoms with Gasteiger partial charge in [-0.2, -0.15) is 0 Å². The minimum Gasteiger partial charge on any atom is -0.280 e. The molecule has 0 bridgehead atoms. The van der Waals surface area contributed by atoms with Crippen molar-refractivity contribution < 1.29 is 8.42 Å². The van der Waals surface area contributed by atoms with Crippen LogP contribution in [0.15, 0.2) is 82.3 Å². The minimum atomic E-state index is -3.64. The Kier molecular flexibility index (Phi) is 5.31. The highest BCUT2D eigenvalue weighted by atomic mass is 79.9. The Morgan fingerprint density at radius 1 is 0.920 bits per heavy atom. The lowest BCUT2D eigenvalue weighted by Crippen LogP contribution is -2.12. The number of benzene rings is 2. The molecule has 3 aromatic rings. The van der Waals surface area contributed by atoms with Crippen LogP contribution >= 0.6 is 15.9 Å². The predicted molar refractivity (Wildman–Crippen MR) is 105 cm³/mol. The fraction of sp³-hybridized carbons (Fsp3) is 0. The van der Waals surface area contributed by atoms with E-state index in [1.54, 1.807) is 48.7 Å². The van der Waals surface area contributed by atoms with Gasteiger partial charge < -0.3 is 0 Å². The molecule has 1 heterocycles.